The fourth-order valence-corrected chi connectivity index (χ4v) is 3.65. The summed E-state index contributed by atoms with van der Waals surface area (Å²) in [6.07, 6.45) is 2.92. The number of halogens is 1. The van der Waals surface area contributed by atoms with Gasteiger partial charge in [0.15, 0.2) is 11.3 Å². The number of nitrogens with zero attached hydrogens (tertiary/aromatic N) is 3. The van der Waals surface area contributed by atoms with E-state index in [-0.39, 0.29) is 10.9 Å². The molecule has 1 aromatic carbocycles. The van der Waals surface area contributed by atoms with Crippen molar-refractivity contribution in [1.29, 1.82) is 0 Å². The second-order valence-corrected chi connectivity index (χ2v) is 6.97. The molecule has 0 radical (unpaired) electrons. The van der Waals surface area contributed by atoms with Crippen molar-refractivity contribution in [3.8, 4) is 0 Å². The summed E-state index contributed by atoms with van der Waals surface area (Å²) in [6, 6.07) is 6.15. The predicted octanol–water partition coefficient (Wildman–Crippen LogP) is 2.81. The fraction of sp³-hybridized carbons (Fsp3) is 0.421. The molecule has 0 aliphatic carbocycles. The summed E-state index contributed by atoms with van der Waals surface area (Å²) in [5, 5.41) is 4.36. The number of likely N-dealkylation sites (tertiary alicyclic amines) is 1. The number of H-pyrrole nitrogens is 1. The Balaban J connectivity index is 1.40. The quantitative estimate of drug-likeness (QED) is 0.778. The van der Waals surface area contributed by atoms with E-state index in [0.29, 0.717) is 23.7 Å². The zero-order valence-electron chi connectivity index (χ0n) is 14.7. The van der Waals surface area contributed by atoms with E-state index in [1.807, 2.05) is 0 Å². The summed E-state index contributed by atoms with van der Waals surface area (Å²) >= 11 is 0. The molecule has 2 aromatic heterocycles. The molecule has 1 saturated heterocycles. The first-order valence-electron chi connectivity index (χ1n) is 8.90. The van der Waals surface area contributed by atoms with Crippen molar-refractivity contribution in [2.75, 3.05) is 13.1 Å². The molecule has 0 bridgehead atoms. The highest BCUT2D eigenvalue weighted by molar-refractivity contribution is 5.78. The minimum absolute atomic E-state index is 0.143. The predicted molar refractivity (Wildman–Crippen MR) is 95.3 cm³/mol. The van der Waals surface area contributed by atoms with Crippen LogP contribution in [0, 0.1) is 18.7 Å². The largest absolute Gasteiger partial charge is 0.355 e. The number of piperidine rings is 1. The smallest absolute Gasteiger partial charge is 0.223 e. The van der Waals surface area contributed by atoms with Crippen LogP contribution in [0.25, 0.3) is 10.9 Å². The normalized spacial score (nSPS) is 16.4. The molecular formula is C19H21FN4O2. The van der Waals surface area contributed by atoms with E-state index < -0.39 is 5.82 Å². The van der Waals surface area contributed by atoms with Crippen LogP contribution in [0.4, 0.5) is 4.39 Å². The van der Waals surface area contributed by atoms with Crippen LogP contribution in [0.2, 0.25) is 0 Å². The van der Waals surface area contributed by atoms with E-state index in [1.165, 1.54) is 6.07 Å². The van der Waals surface area contributed by atoms with Crippen LogP contribution in [0.3, 0.4) is 0 Å². The van der Waals surface area contributed by atoms with E-state index >= 15 is 0 Å². The SMILES string of the molecule is Cc1nc(CC2CCN(Cc3cc(=O)c4cccc(F)c4[nH]3)CC2)no1. The third-order valence-corrected chi connectivity index (χ3v) is 5.01. The summed E-state index contributed by atoms with van der Waals surface area (Å²) in [5.74, 6) is 1.52. The number of pyridine rings is 1. The van der Waals surface area contributed by atoms with E-state index in [9.17, 15) is 9.18 Å². The molecule has 1 aliphatic rings. The summed E-state index contributed by atoms with van der Waals surface area (Å²) in [4.78, 5) is 21.9. The van der Waals surface area contributed by atoms with Gasteiger partial charge in [-0.05, 0) is 44.0 Å². The Morgan fingerprint density at radius 3 is 2.88 bits per heavy atom. The van der Waals surface area contributed by atoms with Gasteiger partial charge >= 0.3 is 0 Å². The molecule has 0 amide bonds. The lowest BCUT2D eigenvalue weighted by Gasteiger charge is -2.31. The third kappa shape index (κ3) is 3.53. The van der Waals surface area contributed by atoms with Gasteiger partial charge in [-0.1, -0.05) is 11.2 Å². The van der Waals surface area contributed by atoms with Gasteiger partial charge in [0.2, 0.25) is 5.89 Å². The highest BCUT2D eigenvalue weighted by Crippen LogP contribution is 2.22. The third-order valence-electron chi connectivity index (χ3n) is 5.01. The first kappa shape index (κ1) is 16.9. The van der Waals surface area contributed by atoms with Crippen LogP contribution < -0.4 is 5.43 Å². The van der Waals surface area contributed by atoms with E-state index in [0.717, 1.165) is 43.9 Å². The average molecular weight is 356 g/mol. The molecule has 7 heteroatoms. The molecule has 136 valence electrons. The fourth-order valence-electron chi connectivity index (χ4n) is 3.65. The molecule has 3 aromatic rings. The van der Waals surface area contributed by atoms with Gasteiger partial charge in [0.05, 0.1) is 5.52 Å². The monoisotopic (exact) mass is 356 g/mol. The maximum Gasteiger partial charge on any atom is 0.223 e. The average Bonchev–Trinajstić information content (AvgIpc) is 3.03. The number of benzene rings is 1. The second-order valence-electron chi connectivity index (χ2n) is 6.97. The first-order valence-corrected chi connectivity index (χ1v) is 8.90. The number of para-hydroxylation sites is 1. The van der Waals surface area contributed by atoms with Crippen molar-refractivity contribution in [2.45, 2.75) is 32.7 Å². The van der Waals surface area contributed by atoms with Gasteiger partial charge < -0.3 is 9.51 Å². The van der Waals surface area contributed by atoms with Crippen molar-refractivity contribution in [3.63, 3.8) is 0 Å². The number of hydrogen-bond donors (Lipinski definition) is 1. The Morgan fingerprint density at radius 2 is 2.15 bits per heavy atom. The minimum atomic E-state index is -0.393. The van der Waals surface area contributed by atoms with E-state index in [2.05, 4.69) is 20.0 Å². The number of fused-ring (bicyclic) bond motifs is 1. The molecule has 0 unspecified atom stereocenters. The van der Waals surface area contributed by atoms with Crippen molar-refractivity contribution in [3.05, 3.63) is 57.7 Å². The Morgan fingerprint density at radius 1 is 1.35 bits per heavy atom. The Labute approximate surface area is 150 Å². The summed E-state index contributed by atoms with van der Waals surface area (Å²) in [5.41, 5.74) is 0.896. The maximum absolute atomic E-state index is 14.0. The molecule has 0 atom stereocenters. The molecule has 4 rings (SSSR count). The Hall–Kier alpha value is -2.54. The molecule has 1 fully saturated rings. The molecule has 1 N–H and O–H groups in total. The van der Waals surface area contributed by atoms with Crippen LogP contribution >= 0.6 is 0 Å². The van der Waals surface area contributed by atoms with Gasteiger partial charge in [-0.3, -0.25) is 9.69 Å². The van der Waals surface area contributed by atoms with Crippen molar-refractivity contribution in [1.82, 2.24) is 20.0 Å². The second kappa shape index (κ2) is 6.99. The Kier molecular flexibility index (Phi) is 4.55. The summed E-state index contributed by atoms with van der Waals surface area (Å²) in [7, 11) is 0. The number of rotatable bonds is 4. The lowest BCUT2D eigenvalue weighted by Crippen LogP contribution is -2.34. The highest BCUT2D eigenvalue weighted by Gasteiger charge is 2.21. The standard InChI is InChI=1S/C19H21FN4O2/c1-12-21-18(23-26-12)9-13-5-7-24(8-6-13)11-14-10-17(25)15-3-2-4-16(20)19(15)22-14/h2-4,10,13H,5-9,11H2,1H3,(H,22,25). The van der Waals surface area contributed by atoms with Gasteiger partial charge in [-0.25, -0.2) is 4.39 Å². The van der Waals surface area contributed by atoms with Gasteiger partial charge in [0, 0.05) is 37.0 Å². The molecular weight excluding hydrogens is 335 g/mol. The van der Waals surface area contributed by atoms with E-state index in [1.54, 1.807) is 25.1 Å². The maximum atomic E-state index is 14.0. The van der Waals surface area contributed by atoms with E-state index in [4.69, 9.17) is 4.52 Å². The number of aryl methyl sites for hydroxylation is 1. The van der Waals surface area contributed by atoms with Gasteiger partial charge in [0.1, 0.15) is 5.82 Å². The Bertz CT molecular complexity index is 973. The van der Waals surface area contributed by atoms with Crippen molar-refractivity contribution < 1.29 is 8.91 Å². The lowest BCUT2D eigenvalue weighted by atomic mass is 9.93. The molecule has 6 nitrogen and oxygen atoms in total. The van der Waals surface area contributed by atoms with Gasteiger partial charge in [-0.15, -0.1) is 0 Å². The molecule has 0 saturated carbocycles. The topological polar surface area (TPSA) is 75.0 Å². The zero-order chi connectivity index (χ0) is 18.1. The van der Waals surface area contributed by atoms with Crippen LogP contribution in [0.15, 0.2) is 33.6 Å². The summed E-state index contributed by atoms with van der Waals surface area (Å²) in [6.45, 7) is 4.28. The highest BCUT2D eigenvalue weighted by atomic mass is 19.1. The number of aromatic amines is 1. The first-order chi connectivity index (χ1) is 12.6. The molecule has 3 heterocycles. The van der Waals surface area contributed by atoms with Crippen LogP contribution in [0.5, 0.6) is 0 Å². The minimum Gasteiger partial charge on any atom is -0.355 e. The van der Waals surface area contributed by atoms with Crippen molar-refractivity contribution >= 4 is 10.9 Å². The van der Waals surface area contributed by atoms with Gasteiger partial charge in [-0.2, -0.15) is 4.98 Å². The summed E-state index contributed by atoms with van der Waals surface area (Å²) < 4.78 is 19.0. The molecule has 0 spiro atoms. The van der Waals surface area contributed by atoms with Crippen LogP contribution in [0.1, 0.15) is 30.3 Å². The number of nitrogens with one attached hydrogen (secondary N) is 1. The van der Waals surface area contributed by atoms with Gasteiger partial charge in [0.25, 0.3) is 0 Å². The lowest BCUT2D eigenvalue weighted by molar-refractivity contribution is 0.174. The zero-order valence-corrected chi connectivity index (χ0v) is 14.7. The number of hydrogen-bond acceptors (Lipinski definition) is 5. The van der Waals surface area contributed by atoms with Crippen molar-refractivity contribution in [2.24, 2.45) is 5.92 Å². The number of aromatic nitrogens is 3. The molecule has 1 aliphatic heterocycles. The molecule has 26 heavy (non-hydrogen) atoms. The van der Waals surface area contributed by atoms with Crippen LogP contribution in [-0.2, 0) is 13.0 Å². The van der Waals surface area contributed by atoms with Crippen LogP contribution in [-0.4, -0.2) is 33.1 Å².